The van der Waals surface area contributed by atoms with E-state index in [0.717, 1.165) is 0 Å². The number of hydrogen-bond acceptors (Lipinski definition) is 3. The Bertz CT molecular complexity index is 387. The number of alkyl halides is 3. The molecule has 82 valence electrons. The number of hydrogen-bond donors (Lipinski definition) is 1. The van der Waals surface area contributed by atoms with Gasteiger partial charge in [0.25, 0.3) is 0 Å². The van der Waals surface area contributed by atoms with Gasteiger partial charge in [0.1, 0.15) is 12.2 Å². The first-order valence-corrected chi connectivity index (χ1v) is 4.11. The maximum absolute atomic E-state index is 11.9. The molecule has 0 saturated heterocycles. The van der Waals surface area contributed by atoms with E-state index >= 15 is 0 Å². The monoisotopic (exact) mass is 218 g/mol. The fourth-order valence-electron chi connectivity index (χ4n) is 1.08. The van der Waals surface area contributed by atoms with E-state index in [1.807, 2.05) is 0 Å². The predicted octanol–water partition coefficient (Wildman–Crippen LogP) is 2.11. The molecule has 1 heterocycles. The number of nitrogens with zero attached hydrogens (tertiary/aromatic N) is 1. The minimum Gasteiger partial charge on any atom is -0.383 e. The average molecular weight is 218 g/mol. The molecule has 1 aromatic heterocycles. The number of aromatic nitrogens is 1. The number of rotatable bonds is 2. The maximum Gasteiger partial charge on any atom is 0.396 e. The molecule has 1 aromatic rings. The zero-order chi connectivity index (χ0) is 11.6. The van der Waals surface area contributed by atoms with Crippen molar-refractivity contribution >= 4 is 11.6 Å². The van der Waals surface area contributed by atoms with Crippen LogP contribution in [-0.4, -0.2) is 16.9 Å². The largest absolute Gasteiger partial charge is 0.396 e. The van der Waals surface area contributed by atoms with E-state index in [-0.39, 0.29) is 11.4 Å². The molecule has 0 saturated carbocycles. The summed E-state index contributed by atoms with van der Waals surface area (Å²) in [5.41, 5.74) is 5.73. The van der Waals surface area contributed by atoms with Gasteiger partial charge >= 0.3 is 6.18 Å². The smallest absolute Gasteiger partial charge is 0.383 e. The van der Waals surface area contributed by atoms with Gasteiger partial charge < -0.3 is 5.73 Å². The molecule has 0 bridgehead atoms. The number of Topliss-reactive ketones (excluding diaryl/α,β-unsaturated/α-hetero) is 1. The van der Waals surface area contributed by atoms with E-state index < -0.39 is 18.4 Å². The van der Waals surface area contributed by atoms with Crippen molar-refractivity contribution in [3.63, 3.8) is 0 Å². The third-order valence-electron chi connectivity index (χ3n) is 1.72. The molecule has 3 nitrogen and oxygen atoms in total. The molecule has 6 heteroatoms. The Hall–Kier alpha value is -1.59. The van der Waals surface area contributed by atoms with E-state index in [1.165, 1.54) is 12.3 Å². The van der Waals surface area contributed by atoms with Crippen LogP contribution in [0, 0.1) is 6.92 Å². The third-order valence-corrected chi connectivity index (χ3v) is 1.72. The van der Waals surface area contributed by atoms with E-state index in [2.05, 4.69) is 4.98 Å². The summed E-state index contributed by atoms with van der Waals surface area (Å²) in [6.07, 6.45) is -4.64. The van der Waals surface area contributed by atoms with E-state index in [1.54, 1.807) is 6.92 Å². The van der Waals surface area contributed by atoms with Crippen molar-refractivity contribution in [3.8, 4) is 0 Å². The molecule has 0 unspecified atom stereocenters. The van der Waals surface area contributed by atoms with Crippen molar-refractivity contribution < 1.29 is 18.0 Å². The SMILES string of the molecule is Cc1cnc(N)c(C(=O)CC(F)(F)F)c1. The van der Waals surface area contributed by atoms with Crippen molar-refractivity contribution in [3.05, 3.63) is 23.4 Å². The molecule has 0 aliphatic rings. The van der Waals surface area contributed by atoms with Gasteiger partial charge in [0.05, 0.1) is 5.56 Å². The van der Waals surface area contributed by atoms with Crippen LogP contribution in [0.25, 0.3) is 0 Å². The topological polar surface area (TPSA) is 56.0 Å². The number of ketones is 1. The number of halogens is 3. The quantitative estimate of drug-likeness (QED) is 0.773. The molecule has 0 radical (unpaired) electrons. The summed E-state index contributed by atoms with van der Waals surface area (Å²) in [7, 11) is 0. The van der Waals surface area contributed by atoms with Crippen LogP contribution in [0.1, 0.15) is 22.3 Å². The molecular weight excluding hydrogens is 209 g/mol. The molecule has 0 amide bonds. The van der Waals surface area contributed by atoms with Crippen LogP contribution >= 0.6 is 0 Å². The van der Waals surface area contributed by atoms with Gasteiger partial charge in [-0.05, 0) is 18.6 Å². The molecule has 2 N–H and O–H groups in total. The Morgan fingerprint density at radius 3 is 2.67 bits per heavy atom. The zero-order valence-corrected chi connectivity index (χ0v) is 7.93. The van der Waals surface area contributed by atoms with Crippen molar-refractivity contribution in [1.29, 1.82) is 0 Å². The van der Waals surface area contributed by atoms with E-state index in [4.69, 9.17) is 5.73 Å². The highest BCUT2D eigenvalue weighted by Gasteiger charge is 2.32. The first-order valence-electron chi connectivity index (χ1n) is 4.11. The second-order valence-corrected chi connectivity index (χ2v) is 3.16. The summed E-state index contributed by atoms with van der Waals surface area (Å²) >= 11 is 0. The number of anilines is 1. The van der Waals surface area contributed by atoms with Crippen molar-refractivity contribution in [2.45, 2.75) is 19.5 Å². The average Bonchev–Trinajstić information content (AvgIpc) is 2.06. The predicted molar refractivity (Wildman–Crippen MR) is 48.4 cm³/mol. The fraction of sp³-hybridized carbons (Fsp3) is 0.333. The first kappa shape index (κ1) is 11.5. The normalized spacial score (nSPS) is 11.5. The number of carbonyl (C=O) groups is 1. The van der Waals surface area contributed by atoms with Crippen LogP contribution in [0.4, 0.5) is 19.0 Å². The molecule has 0 aromatic carbocycles. The first-order chi connectivity index (χ1) is 6.79. The Morgan fingerprint density at radius 1 is 1.53 bits per heavy atom. The van der Waals surface area contributed by atoms with Gasteiger partial charge in [-0.1, -0.05) is 0 Å². The molecule has 0 aliphatic heterocycles. The molecule has 0 spiro atoms. The fourth-order valence-corrected chi connectivity index (χ4v) is 1.08. The number of pyridine rings is 1. The summed E-state index contributed by atoms with van der Waals surface area (Å²) in [5.74, 6) is -1.23. The second-order valence-electron chi connectivity index (χ2n) is 3.16. The van der Waals surface area contributed by atoms with Crippen molar-refractivity contribution in [2.75, 3.05) is 5.73 Å². The highest BCUT2D eigenvalue weighted by molar-refractivity contribution is 6.00. The van der Waals surface area contributed by atoms with Crippen LogP contribution in [0.2, 0.25) is 0 Å². The Balaban J connectivity index is 2.96. The maximum atomic E-state index is 11.9. The molecule has 1 rings (SSSR count). The number of nitrogens with two attached hydrogens (primary N) is 1. The molecule has 0 aliphatic carbocycles. The zero-order valence-electron chi connectivity index (χ0n) is 7.93. The highest BCUT2D eigenvalue weighted by atomic mass is 19.4. The van der Waals surface area contributed by atoms with E-state index in [9.17, 15) is 18.0 Å². The summed E-state index contributed by atoms with van der Waals surface area (Å²) < 4.78 is 35.8. The highest BCUT2D eigenvalue weighted by Crippen LogP contribution is 2.23. The number of nitrogen functional groups attached to an aromatic ring is 1. The lowest BCUT2D eigenvalue weighted by molar-refractivity contribution is -0.125. The standard InChI is InChI=1S/C9H9F3N2O/c1-5-2-6(8(13)14-4-5)7(15)3-9(10,11)12/h2,4H,3H2,1H3,(H2,13,14). The lowest BCUT2D eigenvalue weighted by Crippen LogP contribution is -2.16. The van der Waals surface area contributed by atoms with Crippen LogP contribution < -0.4 is 5.73 Å². The Morgan fingerprint density at radius 2 is 2.13 bits per heavy atom. The van der Waals surface area contributed by atoms with Gasteiger partial charge in [-0.15, -0.1) is 0 Å². The summed E-state index contributed by atoms with van der Waals surface area (Å²) in [4.78, 5) is 14.8. The van der Waals surface area contributed by atoms with Crippen LogP contribution in [-0.2, 0) is 0 Å². The van der Waals surface area contributed by atoms with Gasteiger partial charge in [-0.25, -0.2) is 4.98 Å². The van der Waals surface area contributed by atoms with Crippen LogP contribution in [0.5, 0.6) is 0 Å². The van der Waals surface area contributed by atoms with Gasteiger partial charge in [0.15, 0.2) is 5.78 Å². The molecule has 0 fully saturated rings. The van der Waals surface area contributed by atoms with Gasteiger partial charge in [0.2, 0.25) is 0 Å². The summed E-state index contributed by atoms with van der Waals surface area (Å²) in [6.45, 7) is 1.62. The number of aryl methyl sites for hydroxylation is 1. The molecule has 0 atom stereocenters. The lowest BCUT2D eigenvalue weighted by atomic mass is 10.1. The van der Waals surface area contributed by atoms with Gasteiger partial charge in [-0.2, -0.15) is 13.2 Å². The molecular formula is C9H9F3N2O. The van der Waals surface area contributed by atoms with Gasteiger partial charge in [-0.3, -0.25) is 4.79 Å². The van der Waals surface area contributed by atoms with Gasteiger partial charge in [0, 0.05) is 6.20 Å². The van der Waals surface area contributed by atoms with Crippen LogP contribution in [0.15, 0.2) is 12.3 Å². The minimum absolute atomic E-state index is 0.171. The lowest BCUT2D eigenvalue weighted by Gasteiger charge is -2.07. The van der Waals surface area contributed by atoms with Crippen molar-refractivity contribution in [1.82, 2.24) is 4.98 Å². The third kappa shape index (κ3) is 3.23. The summed E-state index contributed by atoms with van der Waals surface area (Å²) in [5, 5.41) is 0. The van der Waals surface area contributed by atoms with Crippen LogP contribution in [0.3, 0.4) is 0 Å². The number of carbonyl (C=O) groups excluding carboxylic acids is 1. The van der Waals surface area contributed by atoms with E-state index in [0.29, 0.717) is 5.56 Å². The second kappa shape index (κ2) is 3.88. The summed E-state index contributed by atoms with van der Waals surface area (Å²) in [6, 6.07) is 1.30. The Kier molecular flexibility index (Phi) is 2.97. The van der Waals surface area contributed by atoms with Crippen molar-refractivity contribution in [2.24, 2.45) is 0 Å². The molecule has 15 heavy (non-hydrogen) atoms. The Labute approximate surface area is 84.1 Å². The minimum atomic E-state index is -4.52.